The molecule has 180 valence electrons. The number of ether oxygens (including phenoxy) is 3. The maximum Gasteiger partial charge on any atom is 0.308 e. The molecule has 0 unspecified atom stereocenters. The van der Waals surface area contributed by atoms with Gasteiger partial charge in [0.15, 0.2) is 17.6 Å². The van der Waals surface area contributed by atoms with E-state index < -0.39 is 6.10 Å². The highest BCUT2D eigenvalue weighted by atomic mass is 16.6. The number of nitrogens with one attached hydrogen (secondary N) is 1. The lowest BCUT2D eigenvalue weighted by atomic mass is 9.53. The molecule has 5 rings (SSSR count). The second kappa shape index (κ2) is 9.47. The Balaban J connectivity index is 0.000000385. The predicted octanol–water partition coefficient (Wildman–Crippen LogP) is 2.99. The number of unbranched alkanes of at least 4 members (excludes halogenated alkanes) is 1. The third-order valence-corrected chi connectivity index (χ3v) is 7.45. The standard InChI is InChI=1S/C21H23NO5.C5H13N/c1-11(23)25-16-6-4-13-10-15-14-5-7-17(26-12(2)24)20-21(14,8-9-22(15)3)18(13)19(16)27-20;1-3-4-5-6-2/h4-7,14-15,17,20H,8-10H2,1-3H3;6H,3-5H2,1-2H3/t14-,15+,17-,20-,21-;/m0./s1. The molecule has 7 heteroatoms. The molecule has 1 saturated heterocycles. The largest absolute Gasteiger partial charge is 0.481 e. The van der Waals surface area contributed by atoms with E-state index >= 15 is 0 Å². The van der Waals surface area contributed by atoms with Gasteiger partial charge in [-0.25, -0.2) is 0 Å². The number of benzene rings is 1. The zero-order valence-corrected chi connectivity index (χ0v) is 20.3. The third kappa shape index (κ3) is 4.06. The van der Waals surface area contributed by atoms with E-state index in [-0.39, 0.29) is 29.4 Å². The number of esters is 2. The second-order valence-electron chi connectivity index (χ2n) is 9.54. The van der Waals surface area contributed by atoms with Crippen LogP contribution in [0.15, 0.2) is 24.3 Å². The van der Waals surface area contributed by atoms with Crippen molar-refractivity contribution >= 4 is 11.9 Å². The molecule has 0 aromatic heterocycles. The van der Waals surface area contributed by atoms with Gasteiger partial charge in [-0.1, -0.05) is 25.5 Å². The van der Waals surface area contributed by atoms with Gasteiger partial charge in [0.2, 0.25) is 0 Å². The van der Waals surface area contributed by atoms with Crippen molar-refractivity contribution in [3.63, 3.8) is 0 Å². The summed E-state index contributed by atoms with van der Waals surface area (Å²) in [5.74, 6) is 0.712. The Hall–Kier alpha value is -2.38. The fourth-order valence-corrected chi connectivity index (χ4v) is 6.09. The lowest BCUT2D eigenvalue weighted by molar-refractivity contribution is -0.152. The number of nitrogens with zero attached hydrogens (tertiary/aromatic N) is 1. The van der Waals surface area contributed by atoms with Crippen molar-refractivity contribution in [1.82, 2.24) is 10.2 Å². The summed E-state index contributed by atoms with van der Waals surface area (Å²) in [7, 11) is 4.16. The Labute approximate surface area is 196 Å². The SMILES string of the molecule is CC(=O)Oc1ccc2c3c1O[C@H]1[C@@H](OC(C)=O)C=C[C@H]4[C@@H](C2)N(C)CC[C@@]341.CCCCNC. The lowest BCUT2D eigenvalue weighted by Gasteiger charge is -2.56. The van der Waals surface area contributed by atoms with E-state index in [1.54, 1.807) is 0 Å². The molecular formula is C26H36N2O5. The summed E-state index contributed by atoms with van der Waals surface area (Å²) < 4.78 is 17.5. The van der Waals surface area contributed by atoms with Crippen LogP contribution in [0.25, 0.3) is 0 Å². The van der Waals surface area contributed by atoms with Crippen molar-refractivity contribution in [2.45, 2.75) is 70.1 Å². The molecule has 7 nitrogen and oxygen atoms in total. The summed E-state index contributed by atoms with van der Waals surface area (Å²) in [6.45, 7) is 7.13. The normalized spacial score (nSPS) is 30.5. The second-order valence-corrected chi connectivity index (χ2v) is 9.54. The zero-order valence-electron chi connectivity index (χ0n) is 20.3. The average Bonchev–Trinajstić information content (AvgIpc) is 3.12. The smallest absolute Gasteiger partial charge is 0.308 e. The summed E-state index contributed by atoms with van der Waals surface area (Å²) in [6.07, 6.45) is 7.90. The molecule has 5 atom stereocenters. The van der Waals surface area contributed by atoms with Crippen LogP contribution in [0.5, 0.6) is 11.5 Å². The highest BCUT2D eigenvalue weighted by Crippen LogP contribution is 2.62. The molecule has 1 aromatic rings. The first kappa shape index (κ1) is 23.8. The predicted molar refractivity (Wildman–Crippen MR) is 126 cm³/mol. The van der Waals surface area contributed by atoms with Crippen molar-refractivity contribution in [3.8, 4) is 11.5 Å². The molecule has 2 aliphatic heterocycles. The van der Waals surface area contributed by atoms with Gasteiger partial charge in [-0.05, 0) is 64.2 Å². The molecule has 1 N–H and O–H groups in total. The maximum atomic E-state index is 11.7. The number of likely N-dealkylation sites (tertiary alicyclic amines) is 1. The van der Waals surface area contributed by atoms with Crippen molar-refractivity contribution in [3.05, 3.63) is 35.4 Å². The van der Waals surface area contributed by atoms with Crippen molar-refractivity contribution in [2.75, 3.05) is 27.2 Å². The van der Waals surface area contributed by atoms with Gasteiger partial charge in [0.25, 0.3) is 0 Å². The number of hydrogen-bond donors (Lipinski definition) is 1. The highest BCUT2D eigenvalue weighted by Gasteiger charge is 2.65. The minimum Gasteiger partial charge on any atom is -0.481 e. The van der Waals surface area contributed by atoms with Crippen LogP contribution in [0.4, 0.5) is 0 Å². The number of hydrogen-bond acceptors (Lipinski definition) is 7. The van der Waals surface area contributed by atoms with E-state index in [4.69, 9.17) is 14.2 Å². The first-order valence-corrected chi connectivity index (χ1v) is 12.0. The topological polar surface area (TPSA) is 77.1 Å². The summed E-state index contributed by atoms with van der Waals surface area (Å²) >= 11 is 0. The molecule has 1 fully saturated rings. The molecule has 1 aromatic carbocycles. The Kier molecular flexibility index (Phi) is 6.82. The minimum atomic E-state index is -0.439. The van der Waals surface area contributed by atoms with Crippen LogP contribution in [0, 0.1) is 5.92 Å². The number of carbonyl (C=O) groups excluding carboxylic acids is 2. The molecule has 4 aliphatic rings. The number of piperidine rings is 1. The molecule has 33 heavy (non-hydrogen) atoms. The van der Waals surface area contributed by atoms with Crippen LogP contribution in [0.3, 0.4) is 0 Å². The fraction of sp³-hybridized carbons (Fsp3) is 0.615. The van der Waals surface area contributed by atoms with E-state index in [2.05, 4.69) is 36.3 Å². The maximum absolute atomic E-state index is 11.7. The molecule has 0 saturated carbocycles. The van der Waals surface area contributed by atoms with Gasteiger partial charge < -0.3 is 24.4 Å². The first-order valence-electron chi connectivity index (χ1n) is 12.0. The van der Waals surface area contributed by atoms with E-state index in [0.29, 0.717) is 17.5 Å². The summed E-state index contributed by atoms with van der Waals surface area (Å²) in [5, 5.41) is 3.07. The molecule has 0 amide bonds. The fourth-order valence-electron chi connectivity index (χ4n) is 6.09. The van der Waals surface area contributed by atoms with Crippen LogP contribution >= 0.6 is 0 Å². The molecule has 0 radical (unpaired) electrons. The van der Waals surface area contributed by atoms with Crippen molar-refractivity contribution in [2.24, 2.45) is 5.92 Å². The van der Waals surface area contributed by atoms with E-state index in [1.165, 1.54) is 32.3 Å². The monoisotopic (exact) mass is 456 g/mol. The molecule has 2 aliphatic carbocycles. The van der Waals surface area contributed by atoms with Crippen LogP contribution in [-0.2, 0) is 26.2 Å². The van der Waals surface area contributed by atoms with Gasteiger partial charge >= 0.3 is 11.9 Å². The van der Waals surface area contributed by atoms with Gasteiger partial charge in [-0.3, -0.25) is 9.59 Å². The van der Waals surface area contributed by atoms with Crippen molar-refractivity contribution in [1.29, 1.82) is 0 Å². The van der Waals surface area contributed by atoms with Gasteiger partial charge in [0.05, 0.1) is 0 Å². The van der Waals surface area contributed by atoms with Crippen LogP contribution < -0.4 is 14.8 Å². The Morgan fingerprint density at radius 2 is 2.03 bits per heavy atom. The highest BCUT2D eigenvalue weighted by molar-refractivity contribution is 5.73. The summed E-state index contributed by atoms with van der Waals surface area (Å²) in [4.78, 5) is 25.7. The summed E-state index contributed by atoms with van der Waals surface area (Å²) in [6, 6.07) is 4.28. The quantitative estimate of drug-likeness (QED) is 0.316. The first-order chi connectivity index (χ1) is 15.8. The summed E-state index contributed by atoms with van der Waals surface area (Å²) in [5.41, 5.74) is 2.15. The lowest BCUT2D eigenvalue weighted by Crippen LogP contribution is -2.65. The van der Waals surface area contributed by atoms with Gasteiger partial charge in [0, 0.05) is 36.8 Å². The number of likely N-dealkylation sites (N-methyl/N-ethyl adjacent to an activating group) is 1. The molecule has 2 heterocycles. The Morgan fingerprint density at radius 3 is 2.67 bits per heavy atom. The van der Waals surface area contributed by atoms with Gasteiger partial charge in [-0.15, -0.1) is 0 Å². The molecule has 1 spiro atoms. The minimum absolute atomic E-state index is 0.245. The van der Waals surface area contributed by atoms with E-state index in [1.807, 2.05) is 19.2 Å². The average molecular weight is 457 g/mol. The number of rotatable bonds is 5. The van der Waals surface area contributed by atoms with Gasteiger partial charge in [0.1, 0.15) is 6.10 Å². The molecular weight excluding hydrogens is 420 g/mol. The Bertz CT molecular complexity index is 941. The van der Waals surface area contributed by atoms with Crippen LogP contribution in [-0.4, -0.2) is 62.3 Å². The number of carbonyl (C=O) groups is 2. The molecule has 2 bridgehead atoms. The van der Waals surface area contributed by atoms with E-state index in [0.717, 1.165) is 31.5 Å². The van der Waals surface area contributed by atoms with Crippen molar-refractivity contribution < 1.29 is 23.8 Å². The van der Waals surface area contributed by atoms with Crippen LogP contribution in [0.2, 0.25) is 0 Å². The van der Waals surface area contributed by atoms with Gasteiger partial charge in [-0.2, -0.15) is 0 Å². The van der Waals surface area contributed by atoms with E-state index in [9.17, 15) is 9.59 Å². The third-order valence-electron chi connectivity index (χ3n) is 7.45. The van der Waals surface area contributed by atoms with Crippen LogP contribution in [0.1, 0.15) is 51.2 Å². The zero-order chi connectivity index (χ0) is 23.8. The Morgan fingerprint density at radius 1 is 1.24 bits per heavy atom.